The number of carbonyl (C=O) groups excluding carboxylic acids is 2. The molecule has 2 aromatic rings. The van der Waals surface area contributed by atoms with Gasteiger partial charge < -0.3 is 15.5 Å². The molecule has 0 aliphatic carbocycles. The molecule has 27 heavy (non-hydrogen) atoms. The van der Waals surface area contributed by atoms with E-state index in [1.807, 2.05) is 37.2 Å². The predicted molar refractivity (Wildman–Crippen MR) is 104 cm³/mol. The smallest absolute Gasteiger partial charge is 0.254 e. The number of anilines is 1. The van der Waals surface area contributed by atoms with E-state index in [4.69, 9.17) is 5.73 Å². The average molecular weight is 367 g/mol. The van der Waals surface area contributed by atoms with E-state index >= 15 is 0 Å². The van der Waals surface area contributed by atoms with Crippen molar-refractivity contribution in [3.05, 3.63) is 41.6 Å². The molecule has 1 aromatic heterocycles. The molecule has 1 atom stereocenters. The van der Waals surface area contributed by atoms with E-state index in [0.717, 1.165) is 29.8 Å². The largest absolute Gasteiger partial charge is 0.368 e. The molecular formula is C20H25N5O2. The third-order valence-corrected chi connectivity index (χ3v) is 4.80. The van der Waals surface area contributed by atoms with Crippen LogP contribution in [-0.4, -0.2) is 53.4 Å². The van der Waals surface area contributed by atoms with E-state index in [0.29, 0.717) is 24.5 Å². The van der Waals surface area contributed by atoms with Crippen molar-refractivity contribution in [3.8, 4) is 11.3 Å². The Labute approximate surface area is 159 Å². The number of hydrogen-bond donors (Lipinski definition) is 1. The molecule has 2 N–H and O–H groups in total. The third-order valence-electron chi connectivity index (χ3n) is 4.80. The van der Waals surface area contributed by atoms with E-state index in [1.54, 1.807) is 17.0 Å². The monoisotopic (exact) mass is 367 g/mol. The minimum absolute atomic E-state index is 0.159. The first-order chi connectivity index (χ1) is 12.9. The zero-order valence-corrected chi connectivity index (χ0v) is 16.0. The lowest BCUT2D eigenvalue weighted by molar-refractivity contribution is -0.121. The number of rotatable bonds is 5. The molecule has 1 aromatic carbocycles. The molecule has 0 spiro atoms. The number of aryl methyl sites for hydroxylation is 1. The van der Waals surface area contributed by atoms with E-state index in [2.05, 4.69) is 16.9 Å². The quantitative estimate of drug-likeness (QED) is 0.871. The van der Waals surface area contributed by atoms with Crippen LogP contribution in [0.15, 0.2) is 30.3 Å². The van der Waals surface area contributed by atoms with Crippen molar-refractivity contribution in [1.29, 1.82) is 0 Å². The SMILES string of the molecule is CCc1cc(-c2ccc(C(=O)N3CCC[C@H]3C(N)=O)cc2)nc(N(C)C)n1. The highest BCUT2D eigenvalue weighted by Gasteiger charge is 2.33. The van der Waals surface area contributed by atoms with Crippen LogP contribution in [0.4, 0.5) is 5.95 Å². The molecule has 2 heterocycles. The van der Waals surface area contributed by atoms with E-state index in [9.17, 15) is 9.59 Å². The maximum Gasteiger partial charge on any atom is 0.254 e. The zero-order valence-electron chi connectivity index (χ0n) is 16.0. The Morgan fingerprint density at radius 3 is 2.52 bits per heavy atom. The highest BCUT2D eigenvalue weighted by molar-refractivity contribution is 5.98. The van der Waals surface area contributed by atoms with Gasteiger partial charge in [0.1, 0.15) is 6.04 Å². The second-order valence-corrected chi connectivity index (χ2v) is 6.93. The topological polar surface area (TPSA) is 92.4 Å². The fourth-order valence-electron chi connectivity index (χ4n) is 3.27. The fourth-order valence-corrected chi connectivity index (χ4v) is 3.27. The maximum atomic E-state index is 12.7. The van der Waals surface area contributed by atoms with E-state index in [-0.39, 0.29) is 5.91 Å². The molecule has 0 bridgehead atoms. The Balaban J connectivity index is 1.86. The second kappa shape index (κ2) is 7.73. The summed E-state index contributed by atoms with van der Waals surface area (Å²) in [6, 6.07) is 8.77. The normalized spacial score (nSPS) is 16.4. The van der Waals surface area contributed by atoms with Crippen molar-refractivity contribution in [2.45, 2.75) is 32.2 Å². The molecule has 1 saturated heterocycles. The summed E-state index contributed by atoms with van der Waals surface area (Å²) in [7, 11) is 3.82. The lowest BCUT2D eigenvalue weighted by Gasteiger charge is -2.22. The Kier molecular flexibility index (Phi) is 5.39. The van der Waals surface area contributed by atoms with Crippen LogP contribution in [-0.2, 0) is 11.2 Å². The minimum atomic E-state index is -0.506. The number of aromatic nitrogens is 2. The molecule has 0 saturated carbocycles. The Bertz CT molecular complexity index is 848. The number of carbonyl (C=O) groups is 2. The standard InChI is InChI=1S/C20H25N5O2/c1-4-15-12-16(23-20(22-15)24(2)3)13-7-9-14(10-8-13)19(27)25-11-5-6-17(25)18(21)26/h7-10,12,17H,4-6,11H2,1-3H3,(H2,21,26)/t17-/m0/s1. The average Bonchev–Trinajstić information content (AvgIpc) is 3.17. The highest BCUT2D eigenvalue weighted by Crippen LogP contribution is 2.24. The summed E-state index contributed by atoms with van der Waals surface area (Å²) < 4.78 is 0. The second-order valence-electron chi connectivity index (χ2n) is 6.93. The maximum absolute atomic E-state index is 12.7. The summed E-state index contributed by atoms with van der Waals surface area (Å²) in [6.45, 7) is 2.62. The Morgan fingerprint density at radius 1 is 1.22 bits per heavy atom. The van der Waals surface area contributed by atoms with Gasteiger partial charge in [0.15, 0.2) is 0 Å². The van der Waals surface area contributed by atoms with Gasteiger partial charge in [-0.3, -0.25) is 9.59 Å². The van der Waals surface area contributed by atoms with Gasteiger partial charge in [-0.05, 0) is 37.5 Å². The number of likely N-dealkylation sites (tertiary alicyclic amines) is 1. The van der Waals surface area contributed by atoms with Crippen LogP contribution in [0.1, 0.15) is 35.8 Å². The summed E-state index contributed by atoms with van der Waals surface area (Å²) in [5.41, 5.74) is 8.66. The number of nitrogens with two attached hydrogens (primary N) is 1. The molecule has 0 unspecified atom stereocenters. The number of nitrogens with zero attached hydrogens (tertiary/aromatic N) is 4. The van der Waals surface area contributed by atoms with E-state index in [1.165, 1.54) is 0 Å². The first-order valence-corrected chi connectivity index (χ1v) is 9.16. The van der Waals surface area contributed by atoms with Crippen molar-refractivity contribution in [3.63, 3.8) is 0 Å². The summed E-state index contributed by atoms with van der Waals surface area (Å²) in [5, 5.41) is 0. The van der Waals surface area contributed by atoms with Gasteiger partial charge in [0, 0.05) is 37.5 Å². The number of amides is 2. The molecular weight excluding hydrogens is 342 g/mol. The van der Waals surface area contributed by atoms with Crippen LogP contribution < -0.4 is 10.6 Å². The van der Waals surface area contributed by atoms with Crippen LogP contribution >= 0.6 is 0 Å². The predicted octanol–water partition coefficient (Wildman–Crippen LogP) is 1.86. The van der Waals surface area contributed by atoms with Crippen molar-refractivity contribution >= 4 is 17.8 Å². The summed E-state index contributed by atoms with van der Waals surface area (Å²) in [5.74, 6) is 0.0569. The first kappa shape index (κ1) is 18.8. The minimum Gasteiger partial charge on any atom is -0.368 e. The van der Waals surface area contributed by atoms with Crippen molar-refractivity contribution in [2.24, 2.45) is 5.73 Å². The number of hydrogen-bond acceptors (Lipinski definition) is 5. The van der Waals surface area contributed by atoms with Crippen LogP contribution in [0.5, 0.6) is 0 Å². The van der Waals surface area contributed by atoms with Crippen molar-refractivity contribution in [2.75, 3.05) is 25.5 Å². The van der Waals surface area contributed by atoms with Gasteiger partial charge in [-0.1, -0.05) is 19.1 Å². The van der Waals surface area contributed by atoms with Crippen LogP contribution in [0.25, 0.3) is 11.3 Å². The molecule has 7 nitrogen and oxygen atoms in total. The van der Waals surface area contributed by atoms with Crippen molar-refractivity contribution < 1.29 is 9.59 Å². The van der Waals surface area contributed by atoms with Gasteiger partial charge in [-0.2, -0.15) is 0 Å². The molecule has 7 heteroatoms. The lowest BCUT2D eigenvalue weighted by atomic mass is 10.1. The first-order valence-electron chi connectivity index (χ1n) is 9.16. The summed E-state index contributed by atoms with van der Waals surface area (Å²) in [4.78, 5) is 36.8. The zero-order chi connectivity index (χ0) is 19.6. The lowest BCUT2D eigenvalue weighted by Crippen LogP contribution is -2.43. The summed E-state index contributed by atoms with van der Waals surface area (Å²) >= 11 is 0. The molecule has 1 aliphatic rings. The molecule has 1 fully saturated rings. The number of primary amides is 1. The number of benzene rings is 1. The van der Waals surface area contributed by atoms with Crippen molar-refractivity contribution in [1.82, 2.24) is 14.9 Å². The van der Waals surface area contributed by atoms with Gasteiger partial charge >= 0.3 is 0 Å². The molecule has 2 amide bonds. The summed E-state index contributed by atoms with van der Waals surface area (Å²) in [6.07, 6.45) is 2.25. The van der Waals surface area contributed by atoms with Gasteiger partial charge in [0.2, 0.25) is 11.9 Å². The van der Waals surface area contributed by atoms with Crippen LogP contribution in [0.3, 0.4) is 0 Å². The van der Waals surface area contributed by atoms with Crippen LogP contribution in [0.2, 0.25) is 0 Å². The highest BCUT2D eigenvalue weighted by atomic mass is 16.2. The Morgan fingerprint density at radius 2 is 1.93 bits per heavy atom. The third kappa shape index (κ3) is 3.92. The van der Waals surface area contributed by atoms with Gasteiger partial charge in [-0.25, -0.2) is 9.97 Å². The van der Waals surface area contributed by atoms with Gasteiger partial charge in [0.05, 0.1) is 5.69 Å². The molecule has 3 rings (SSSR count). The fraction of sp³-hybridized carbons (Fsp3) is 0.400. The Hall–Kier alpha value is -2.96. The van der Waals surface area contributed by atoms with Gasteiger partial charge in [-0.15, -0.1) is 0 Å². The molecule has 0 radical (unpaired) electrons. The molecule has 142 valence electrons. The molecule has 1 aliphatic heterocycles. The van der Waals surface area contributed by atoms with E-state index < -0.39 is 11.9 Å². The van der Waals surface area contributed by atoms with Gasteiger partial charge in [0.25, 0.3) is 5.91 Å². The van der Waals surface area contributed by atoms with Crippen LogP contribution in [0, 0.1) is 0 Å².